The third-order valence-electron chi connectivity index (χ3n) is 4.50. The van der Waals surface area contributed by atoms with Crippen LogP contribution in [0.4, 0.5) is 4.39 Å². The Balaban J connectivity index is 1.60. The summed E-state index contributed by atoms with van der Waals surface area (Å²) in [5, 5.41) is 2.94. The van der Waals surface area contributed by atoms with E-state index in [1.54, 1.807) is 19.9 Å². The molecule has 0 atom stereocenters. The van der Waals surface area contributed by atoms with Gasteiger partial charge in [-0.05, 0) is 38.8 Å². The van der Waals surface area contributed by atoms with Gasteiger partial charge in [0.2, 0.25) is 0 Å². The summed E-state index contributed by atoms with van der Waals surface area (Å²) in [6.45, 7) is 4.27. The lowest BCUT2D eigenvalue weighted by Crippen LogP contribution is -2.47. The third kappa shape index (κ3) is 3.68. The first-order chi connectivity index (χ1) is 12.3. The zero-order valence-electron chi connectivity index (χ0n) is 14.6. The van der Waals surface area contributed by atoms with Crippen LogP contribution < -0.4 is 10.9 Å². The minimum atomic E-state index is -0.666. The number of piperidine rings is 1. The Morgan fingerprint density at radius 1 is 1.23 bits per heavy atom. The lowest BCUT2D eigenvalue weighted by Gasteiger charge is -2.32. The highest BCUT2D eigenvalue weighted by atomic mass is 19.1. The Morgan fingerprint density at radius 3 is 2.54 bits per heavy atom. The highest BCUT2D eigenvalue weighted by Crippen LogP contribution is 2.17. The van der Waals surface area contributed by atoms with Crippen molar-refractivity contribution in [3.05, 3.63) is 57.1 Å². The maximum Gasteiger partial charge on any atom is 0.260 e. The molecule has 1 aliphatic heterocycles. The summed E-state index contributed by atoms with van der Waals surface area (Å²) in [5.74, 6) is -0.130. The Bertz CT molecular complexity index is 894. The SMILES string of the molecule is Cc1cc(C(=O)NC2CCN(C(=O)c3cc(F)c[nH]c3=O)CC2)c(C)o1. The van der Waals surface area contributed by atoms with Crippen molar-refractivity contribution in [1.29, 1.82) is 0 Å². The number of halogens is 1. The molecule has 0 unspecified atom stereocenters. The number of aryl methyl sites for hydroxylation is 2. The van der Waals surface area contributed by atoms with Crippen molar-refractivity contribution in [3.8, 4) is 0 Å². The van der Waals surface area contributed by atoms with Crippen molar-refractivity contribution in [1.82, 2.24) is 15.2 Å². The largest absolute Gasteiger partial charge is 0.466 e. The first-order valence-electron chi connectivity index (χ1n) is 8.40. The zero-order valence-corrected chi connectivity index (χ0v) is 14.6. The molecular weight excluding hydrogens is 341 g/mol. The van der Waals surface area contributed by atoms with Crippen molar-refractivity contribution in [2.24, 2.45) is 0 Å². The van der Waals surface area contributed by atoms with Gasteiger partial charge in [-0.3, -0.25) is 14.4 Å². The standard InChI is InChI=1S/C18H20FN3O4/c1-10-7-14(11(2)26-10)17(24)21-13-3-5-22(6-4-13)18(25)15-8-12(19)9-20-16(15)23/h7-9,13H,3-6H2,1-2H3,(H,20,23)(H,21,24). The van der Waals surface area contributed by atoms with E-state index in [1.807, 2.05) is 0 Å². The van der Waals surface area contributed by atoms with Crippen LogP contribution >= 0.6 is 0 Å². The molecule has 7 nitrogen and oxygen atoms in total. The van der Waals surface area contributed by atoms with Crippen molar-refractivity contribution in [2.75, 3.05) is 13.1 Å². The number of hydrogen-bond donors (Lipinski definition) is 2. The van der Waals surface area contributed by atoms with E-state index in [0.29, 0.717) is 43.0 Å². The average Bonchev–Trinajstić information content (AvgIpc) is 2.95. The summed E-state index contributed by atoms with van der Waals surface area (Å²) in [4.78, 5) is 40.2. The maximum absolute atomic E-state index is 13.3. The summed E-state index contributed by atoms with van der Waals surface area (Å²) >= 11 is 0. The Labute approximate surface area is 149 Å². The molecule has 0 bridgehead atoms. The molecule has 0 saturated carbocycles. The van der Waals surface area contributed by atoms with Crippen molar-refractivity contribution < 1.29 is 18.4 Å². The van der Waals surface area contributed by atoms with Gasteiger partial charge in [0.25, 0.3) is 17.4 Å². The number of furan rings is 1. The highest BCUT2D eigenvalue weighted by molar-refractivity contribution is 5.95. The van der Waals surface area contributed by atoms with Crippen LogP contribution in [0.15, 0.2) is 27.5 Å². The Kier molecular flexibility index (Phi) is 4.92. The highest BCUT2D eigenvalue weighted by Gasteiger charge is 2.27. The number of likely N-dealkylation sites (tertiary alicyclic amines) is 1. The molecule has 3 rings (SSSR count). The smallest absolute Gasteiger partial charge is 0.260 e. The van der Waals surface area contributed by atoms with E-state index in [-0.39, 0.29) is 17.5 Å². The van der Waals surface area contributed by atoms with Crippen LogP contribution in [0, 0.1) is 19.7 Å². The molecule has 3 heterocycles. The van der Waals surface area contributed by atoms with Gasteiger partial charge in [0.1, 0.15) is 22.9 Å². The van der Waals surface area contributed by atoms with Gasteiger partial charge in [0.15, 0.2) is 0 Å². The minimum absolute atomic E-state index is 0.0769. The monoisotopic (exact) mass is 361 g/mol. The number of hydrogen-bond acceptors (Lipinski definition) is 4. The number of aromatic nitrogens is 1. The number of rotatable bonds is 3. The van der Waals surface area contributed by atoms with Crippen LogP contribution in [-0.2, 0) is 0 Å². The van der Waals surface area contributed by atoms with E-state index in [2.05, 4.69) is 10.3 Å². The van der Waals surface area contributed by atoms with Crippen LogP contribution in [0.5, 0.6) is 0 Å². The number of pyridine rings is 1. The van der Waals surface area contributed by atoms with Gasteiger partial charge in [-0.25, -0.2) is 4.39 Å². The molecule has 2 N–H and O–H groups in total. The van der Waals surface area contributed by atoms with Gasteiger partial charge >= 0.3 is 0 Å². The first kappa shape index (κ1) is 17.9. The summed E-state index contributed by atoms with van der Waals surface area (Å²) in [7, 11) is 0. The van der Waals surface area contributed by atoms with Crippen LogP contribution in [0.1, 0.15) is 45.1 Å². The number of nitrogens with zero attached hydrogens (tertiary/aromatic N) is 1. The molecule has 1 saturated heterocycles. The summed E-state index contributed by atoms with van der Waals surface area (Å²) in [6, 6.07) is 2.56. The van der Waals surface area contributed by atoms with Gasteiger partial charge < -0.3 is 19.6 Å². The molecule has 2 aromatic rings. The fraction of sp³-hybridized carbons (Fsp3) is 0.389. The van der Waals surface area contributed by atoms with E-state index in [4.69, 9.17) is 4.42 Å². The van der Waals surface area contributed by atoms with Crippen LogP contribution in [0.25, 0.3) is 0 Å². The number of carbonyl (C=O) groups is 2. The molecule has 0 aliphatic carbocycles. The molecule has 2 amide bonds. The van der Waals surface area contributed by atoms with E-state index in [9.17, 15) is 18.8 Å². The predicted molar refractivity (Wildman–Crippen MR) is 91.6 cm³/mol. The topological polar surface area (TPSA) is 95.4 Å². The van der Waals surface area contributed by atoms with Crippen LogP contribution in [-0.4, -0.2) is 40.8 Å². The maximum atomic E-state index is 13.3. The van der Waals surface area contributed by atoms with Gasteiger partial charge in [-0.2, -0.15) is 0 Å². The summed E-state index contributed by atoms with van der Waals surface area (Å²) in [6.07, 6.45) is 2.03. The van der Waals surface area contributed by atoms with Gasteiger partial charge in [0, 0.05) is 25.3 Å². The van der Waals surface area contributed by atoms with Crippen LogP contribution in [0.3, 0.4) is 0 Å². The number of H-pyrrole nitrogens is 1. The van der Waals surface area contributed by atoms with Crippen molar-refractivity contribution >= 4 is 11.8 Å². The second kappa shape index (κ2) is 7.15. The zero-order chi connectivity index (χ0) is 18.8. The molecule has 0 spiro atoms. The van der Waals surface area contributed by atoms with Crippen molar-refractivity contribution in [2.45, 2.75) is 32.7 Å². The lowest BCUT2D eigenvalue weighted by molar-refractivity contribution is 0.0695. The number of aromatic amines is 1. The molecule has 138 valence electrons. The number of amides is 2. The van der Waals surface area contributed by atoms with Crippen molar-refractivity contribution in [3.63, 3.8) is 0 Å². The van der Waals surface area contributed by atoms with E-state index in [1.165, 1.54) is 4.90 Å². The fourth-order valence-electron chi connectivity index (χ4n) is 3.13. The molecule has 1 aliphatic rings. The molecule has 2 aromatic heterocycles. The number of nitrogens with one attached hydrogen (secondary N) is 2. The first-order valence-corrected chi connectivity index (χ1v) is 8.40. The summed E-state index contributed by atoms with van der Waals surface area (Å²) in [5.41, 5.74) is -0.318. The molecule has 0 aromatic carbocycles. The molecule has 0 radical (unpaired) electrons. The van der Waals surface area contributed by atoms with Gasteiger partial charge in [-0.1, -0.05) is 0 Å². The second-order valence-corrected chi connectivity index (χ2v) is 6.43. The molecule has 8 heteroatoms. The van der Waals surface area contributed by atoms with Gasteiger partial charge in [0.05, 0.1) is 5.56 Å². The Morgan fingerprint density at radius 2 is 1.92 bits per heavy atom. The van der Waals surface area contributed by atoms with Gasteiger partial charge in [-0.15, -0.1) is 0 Å². The summed E-state index contributed by atoms with van der Waals surface area (Å²) < 4.78 is 18.6. The Hall–Kier alpha value is -2.90. The average molecular weight is 361 g/mol. The van der Waals surface area contributed by atoms with E-state index < -0.39 is 17.3 Å². The lowest BCUT2D eigenvalue weighted by atomic mass is 10.0. The normalized spacial score (nSPS) is 15.1. The fourth-order valence-corrected chi connectivity index (χ4v) is 3.13. The third-order valence-corrected chi connectivity index (χ3v) is 4.50. The molecule has 1 fully saturated rings. The molecule has 26 heavy (non-hydrogen) atoms. The van der Waals surface area contributed by atoms with E-state index in [0.717, 1.165) is 12.3 Å². The predicted octanol–water partition coefficient (Wildman–Crippen LogP) is 1.76. The van der Waals surface area contributed by atoms with Crippen LogP contribution in [0.2, 0.25) is 0 Å². The second-order valence-electron chi connectivity index (χ2n) is 6.43. The quantitative estimate of drug-likeness (QED) is 0.871. The number of carbonyl (C=O) groups excluding carboxylic acids is 2. The minimum Gasteiger partial charge on any atom is -0.466 e. The van der Waals surface area contributed by atoms with E-state index >= 15 is 0 Å². The molecular formula is C18H20FN3O4.